The van der Waals surface area contributed by atoms with Crippen molar-refractivity contribution in [2.24, 2.45) is 0 Å². The number of anilines is 2. The van der Waals surface area contributed by atoms with E-state index in [1.165, 1.54) is 0 Å². The molecule has 6 heteroatoms. The SMILES string of the molecule is O=C(Nc1ccc(N2CCOCC2)cc1)c1c2c(nc3ccc(Cl)cc13)CCC2. The lowest BCUT2D eigenvalue weighted by molar-refractivity contribution is 0.102. The molecule has 1 aromatic heterocycles. The number of aromatic nitrogens is 1. The molecule has 5 rings (SSSR count). The first-order chi connectivity index (χ1) is 14.2. The molecule has 0 atom stereocenters. The topological polar surface area (TPSA) is 54.5 Å². The van der Waals surface area contributed by atoms with Crippen LogP contribution in [0, 0.1) is 0 Å². The molecular formula is C23H22ClN3O2. The first-order valence-electron chi connectivity index (χ1n) is 10.0. The molecule has 2 aliphatic rings. The number of hydrogen-bond acceptors (Lipinski definition) is 4. The Balaban J connectivity index is 1.45. The largest absolute Gasteiger partial charge is 0.378 e. The molecule has 0 spiro atoms. The Morgan fingerprint density at radius 3 is 2.66 bits per heavy atom. The first kappa shape index (κ1) is 18.4. The summed E-state index contributed by atoms with van der Waals surface area (Å²) in [5.41, 5.74) is 5.55. The monoisotopic (exact) mass is 407 g/mol. The molecule has 148 valence electrons. The number of fused-ring (bicyclic) bond motifs is 2. The van der Waals surface area contributed by atoms with Crippen molar-refractivity contribution in [3.63, 3.8) is 0 Å². The molecule has 1 aliphatic heterocycles. The normalized spacial score (nSPS) is 16.1. The summed E-state index contributed by atoms with van der Waals surface area (Å²) < 4.78 is 5.41. The molecule has 1 saturated heterocycles. The smallest absolute Gasteiger partial charge is 0.256 e. The van der Waals surface area contributed by atoms with Crippen LogP contribution in [0.2, 0.25) is 5.02 Å². The molecule has 0 radical (unpaired) electrons. The quantitative estimate of drug-likeness (QED) is 0.696. The highest BCUT2D eigenvalue weighted by Crippen LogP contribution is 2.32. The van der Waals surface area contributed by atoms with Gasteiger partial charge in [0.1, 0.15) is 0 Å². The van der Waals surface area contributed by atoms with Crippen molar-refractivity contribution in [3.8, 4) is 0 Å². The second-order valence-corrected chi connectivity index (χ2v) is 7.96. The summed E-state index contributed by atoms with van der Waals surface area (Å²) in [6.45, 7) is 3.28. The van der Waals surface area contributed by atoms with Crippen LogP contribution >= 0.6 is 11.6 Å². The zero-order valence-corrected chi connectivity index (χ0v) is 16.8. The van der Waals surface area contributed by atoms with Crippen LogP contribution in [0.25, 0.3) is 10.9 Å². The summed E-state index contributed by atoms with van der Waals surface area (Å²) in [5, 5.41) is 4.51. The highest BCUT2D eigenvalue weighted by molar-refractivity contribution is 6.31. The molecule has 3 aromatic rings. The molecule has 1 amide bonds. The Bertz CT molecular complexity index is 1080. The van der Waals surface area contributed by atoms with Crippen molar-refractivity contribution in [2.75, 3.05) is 36.5 Å². The molecule has 0 saturated carbocycles. The van der Waals surface area contributed by atoms with E-state index in [1.54, 1.807) is 0 Å². The van der Waals surface area contributed by atoms with Gasteiger partial charge in [-0.15, -0.1) is 0 Å². The number of benzene rings is 2. The number of halogens is 1. The fourth-order valence-corrected chi connectivity index (χ4v) is 4.44. The number of amides is 1. The van der Waals surface area contributed by atoms with E-state index in [2.05, 4.69) is 10.2 Å². The number of carbonyl (C=O) groups is 1. The predicted molar refractivity (Wildman–Crippen MR) is 116 cm³/mol. The maximum absolute atomic E-state index is 13.3. The summed E-state index contributed by atoms with van der Waals surface area (Å²) in [7, 11) is 0. The van der Waals surface area contributed by atoms with Gasteiger partial charge in [-0.2, -0.15) is 0 Å². The van der Waals surface area contributed by atoms with Gasteiger partial charge >= 0.3 is 0 Å². The number of nitrogens with zero attached hydrogens (tertiary/aromatic N) is 2. The van der Waals surface area contributed by atoms with Crippen LogP contribution in [0.1, 0.15) is 28.0 Å². The first-order valence-corrected chi connectivity index (χ1v) is 10.4. The Hall–Kier alpha value is -2.63. The maximum Gasteiger partial charge on any atom is 0.256 e. The van der Waals surface area contributed by atoms with Gasteiger partial charge in [0.2, 0.25) is 0 Å². The number of aryl methyl sites for hydroxylation is 1. The molecule has 1 N–H and O–H groups in total. The van der Waals surface area contributed by atoms with Crippen LogP contribution in [-0.2, 0) is 17.6 Å². The summed E-state index contributed by atoms with van der Waals surface area (Å²) in [5.74, 6) is -0.100. The van der Waals surface area contributed by atoms with Gasteiger partial charge in [-0.1, -0.05) is 11.6 Å². The fourth-order valence-electron chi connectivity index (χ4n) is 4.26. The maximum atomic E-state index is 13.3. The van der Waals surface area contributed by atoms with E-state index in [4.69, 9.17) is 21.3 Å². The molecule has 1 aliphatic carbocycles. The number of morpholine rings is 1. The van der Waals surface area contributed by atoms with E-state index in [9.17, 15) is 4.79 Å². The number of pyridine rings is 1. The number of carbonyl (C=O) groups excluding carboxylic acids is 1. The Kier molecular flexibility index (Phi) is 4.86. The number of hydrogen-bond donors (Lipinski definition) is 1. The standard InChI is InChI=1S/C23H22ClN3O2/c24-15-4-9-21-19(14-15)22(18-2-1-3-20(18)26-21)23(28)25-16-5-7-17(8-6-16)27-10-12-29-13-11-27/h4-9,14H,1-3,10-13H2,(H,25,28). The molecule has 2 heterocycles. The zero-order chi connectivity index (χ0) is 19.8. The van der Waals surface area contributed by atoms with Crippen LogP contribution in [0.3, 0.4) is 0 Å². The number of nitrogens with one attached hydrogen (secondary N) is 1. The van der Waals surface area contributed by atoms with Crippen molar-refractivity contribution < 1.29 is 9.53 Å². The van der Waals surface area contributed by atoms with Gasteiger partial charge in [0.05, 0.1) is 24.3 Å². The molecule has 29 heavy (non-hydrogen) atoms. The number of rotatable bonds is 3. The molecule has 0 bridgehead atoms. The van der Waals surface area contributed by atoms with E-state index in [0.29, 0.717) is 10.6 Å². The van der Waals surface area contributed by atoms with Crippen LogP contribution in [0.15, 0.2) is 42.5 Å². The van der Waals surface area contributed by atoms with Gasteiger partial charge < -0.3 is 15.0 Å². The predicted octanol–water partition coefficient (Wildman–Crippen LogP) is 4.47. The van der Waals surface area contributed by atoms with E-state index < -0.39 is 0 Å². The summed E-state index contributed by atoms with van der Waals surface area (Å²) in [6.07, 6.45) is 2.83. The van der Waals surface area contributed by atoms with E-state index in [1.807, 2.05) is 42.5 Å². The minimum Gasteiger partial charge on any atom is -0.378 e. The highest BCUT2D eigenvalue weighted by atomic mass is 35.5. The van der Waals surface area contributed by atoms with Crippen LogP contribution < -0.4 is 10.2 Å². The van der Waals surface area contributed by atoms with Crippen LogP contribution in [-0.4, -0.2) is 37.2 Å². The molecular weight excluding hydrogens is 386 g/mol. The highest BCUT2D eigenvalue weighted by Gasteiger charge is 2.24. The third kappa shape index (κ3) is 3.56. The van der Waals surface area contributed by atoms with E-state index in [0.717, 1.165) is 79.1 Å². The second kappa shape index (κ2) is 7.65. The Labute approximate surface area is 174 Å². The minimum absolute atomic E-state index is 0.100. The van der Waals surface area contributed by atoms with Gasteiger partial charge in [0.15, 0.2) is 0 Å². The summed E-state index contributed by atoms with van der Waals surface area (Å²) in [6, 6.07) is 13.6. The average Bonchev–Trinajstić information content (AvgIpc) is 3.21. The molecule has 1 fully saturated rings. The molecule has 0 unspecified atom stereocenters. The summed E-state index contributed by atoms with van der Waals surface area (Å²) >= 11 is 6.22. The average molecular weight is 408 g/mol. The fraction of sp³-hybridized carbons (Fsp3) is 0.304. The van der Waals surface area contributed by atoms with Crippen LogP contribution in [0.5, 0.6) is 0 Å². The van der Waals surface area contributed by atoms with Crippen molar-refractivity contribution in [1.82, 2.24) is 4.98 Å². The molecule has 5 nitrogen and oxygen atoms in total. The van der Waals surface area contributed by atoms with Gasteiger partial charge in [0, 0.05) is 40.6 Å². The van der Waals surface area contributed by atoms with Crippen molar-refractivity contribution in [1.29, 1.82) is 0 Å². The van der Waals surface area contributed by atoms with Gasteiger partial charge in [-0.3, -0.25) is 9.78 Å². The van der Waals surface area contributed by atoms with Crippen molar-refractivity contribution in [2.45, 2.75) is 19.3 Å². The van der Waals surface area contributed by atoms with Crippen LogP contribution in [0.4, 0.5) is 11.4 Å². The van der Waals surface area contributed by atoms with E-state index >= 15 is 0 Å². The lowest BCUT2D eigenvalue weighted by atomic mass is 10.0. The third-order valence-corrected chi connectivity index (χ3v) is 5.94. The Morgan fingerprint density at radius 2 is 1.86 bits per heavy atom. The number of ether oxygens (including phenoxy) is 1. The van der Waals surface area contributed by atoms with E-state index in [-0.39, 0.29) is 5.91 Å². The third-order valence-electron chi connectivity index (χ3n) is 5.70. The Morgan fingerprint density at radius 1 is 1.07 bits per heavy atom. The van der Waals surface area contributed by atoms with Gasteiger partial charge in [-0.25, -0.2) is 0 Å². The molecule has 2 aromatic carbocycles. The van der Waals surface area contributed by atoms with Crippen molar-refractivity contribution >= 4 is 39.8 Å². The lowest BCUT2D eigenvalue weighted by Gasteiger charge is -2.28. The lowest BCUT2D eigenvalue weighted by Crippen LogP contribution is -2.36. The second-order valence-electron chi connectivity index (χ2n) is 7.53. The summed E-state index contributed by atoms with van der Waals surface area (Å²) in [4.78, 5) is 20.3. The minimum atomic E-state index is -0.100. The van der Waals surface area contributed by atoms with Gasteiger partial charge in [0.25, 0.3) is 5.91 Å². The van der Waals surface area contributed by atoms with Gasteiger partial charge in [-0.05, 0) is 67.3 Å². The zero-order valence-electron chi connectivity index (χ0n) is 16.1. The van der Waals surface area contributed by atoms with Crippen molar-refractivity contribution in [3.05, 3.63) is 64.3 Å².